The van der Waals surface area contributed by atoms with Crippen LogP contribution in [0.1, 0.15) is 35.1 Å². The van der Waals surface area contributed by atoms with E-state index in [4.69, 9.17) is 4.74 Å². The lowest BCUT2D eigenvalue weighted by Crippen LogP contribution is -2.31. The van der Waals surface area contributed by atoms with E-state index in [1.54, 1.807) is 22.7 Å². The highest BCUT2D eigenvalue weighted by Crippen LogP contribution is 2.36. The molecule has 0 spiro atoms. The molecule has 1 aliphatic carbocycles. The topological polar surface area (TPSA) is 59.0 Å². The number of hydrogen-bond acceptors (Lipinski definition) is 6. The van der Waals surface area contributed by atoms with E-state index in [1.165, 1.54) is 5.01 Å². The number of rotatable bonds is 5. The van der Waals surface area contributed by atoms with Crippen molar-refractivity contribution in [2.24, 2.45) is 11.0 Å². The molecule has 2 aromatic heterocycles. The Morgan fingerprint density at radius 3 is 2.67 bits per heavy atom. The van der Waals surface area contributed by atoms with Gasteiger partial charge in [0.25, 0.3) is 5.91 Å². The summed E-state index contributed by atoms with van der Waals surface area (Å²) in [5.41, 5.74) is 0.908. The van der Waals surface area contributed by atoms with E-state index in [0.29, 0.717) is 6.42 Å². The van der Waals surface area contributed by atoms with Crippen LogP contribution >= 0.6 is 22.7 Å². The van der Waals surface area contributed by atoms with Gasteiger partial charge in [0.2, 0.25) is 0 Å². The zero-order valence-corrected chi connectivity index (χ0v) is 14.5. The van der Waals surface area contributed by atoms with Crippen LogP contribution in [0.5, 0.6) is 0 Å². The summed E-state index contributed by atoms with van der Waals surface area (Å²) < 4.78 is 5.14. The molecule has 4 rings (SSSR count). The summed E-state index contributed by atoms with van der Waals surface area (Å²) in [5, 5.41) is 10.0. The lowest BCUT2D eigenvalue weighted by molar-refractivity contribution is -0.153. The number of amides is 1. The number of carbonyl (C=O) groups excluding carboxylic acids is 2. The number of ether oxygens (including phenoxy) is 1. The molecule has 124 valence electrons. The minimum atomic E-state index is -0.269. The highest BCUT2D eigenvalue weighted by molar-refractivity contribution is 7.12. The van der Waals surface area contributed by atoms with Crippen LogP contribution in [0.2, 0.25) is 0 Å². The Morgan fingerprint density at radius 1 is 1.21 bits per heavy atom. The van der Waals surface area contributed by atoms with Gasteiger partial charge in [-0.1, -0.05) is 12.1 Å². The van der Waals surface area contributed by atoms with Crippen LogP contribution in [0, 0.1) is 5.92 Å². The number of carbonyl (C=O) groups is 2. The van der Waals surface area contributed by atoms with Crippen LogP contribution in [0.25, 0.3) is 0 Å². The third-order valence-corrected chi connectivity index (χ3v) is 5.98. The fourth-order valence-electron chi connectivity index (χ4n) is 2.67. The van der Waals surface area contributed by atoms with E-state index in [2.05, 4.69) is 5.10 Å². The molecular formula is C17H16N2O3S2. The highest BCUT2D eigenvalue weighted by Gasteiger charge is 2.36. The fourth-order valence-corrected chi connectivity index (χ4v) is 4.20. The summed E-state index contributed by atoms with van der Waals surface area (Å²) >= 11 is 3.22. The summed E-state index contributed by atoms with van der Waals surface area (Å²) in [6, 6.07) is 7.85. The second-order valence-electron chi connectivity index (χ2n) is 5.88. The van der Waals surface area contributed by atoms with Crippen LogP contribution in [0.4, 0.5) is 0 Å². The first-order valence-electron chi connectivity index (χ1n) is 7.86. The molecule has 0 N–H and O–H groups in total. The van der Waals surface area contributed by atoms with Gasteiger partial charge in [0.05, 0.1) is 22.5 Å². The van der Waals surface area contributed by atoms with Crippen LogP contribution in [0.15, 0.2) is 40.1 Å². The van der Waals surface area contributed by atoms with E-state index in [0.717, 1.165) is 28.3 Å². The average molecular weight is 360 g/mol. The lowest BCUT2D eigenvalue weighted by atomic mass is 10.1. The maximum absolute atomic E-state index is 12.6. The third-order valence-electron chi connectivity index (χ3n) is 4.09. The summed E-state index contributed by atoms with van der Waals surface area (Å²) in [4.78, 5) is 26.4. The molecule has 7 heteroatoms. The first-order chi connectivity index (χ1) is 11.7. The molecule has 1 atom stereocenters. The van der Waals surface area contributed by atoms with Crippen molar-refractivity contribution in [1.82, 2.24) is 5.01 Å². The molecule has 2 aromatic rings. The van der Waals surface area contributed by atoms with E-state index >= 15 is 0 Å². The molecule has 24 heavy (non-hydrogen) atoms. The largest absolute Gasteiger partial charge is 0.455 e. The Kier molecular flexibility index (Phi) is 4.20. The van der Waals surface area contributed by atoms with Crippen molar-refractivity contribution in [1.29, 1.82) is 0 Å². The molecular weight excluding hydrogens is 344 g/mol. The van der Waals surface area contributed by atoms with E-state index in [9.17, 15) is 9.59 Å². The smallest absolute Gasteiger partial charge is 0.309 e. The summed E-state index contributed by atoms with van der Waals surface area (Å²) in [6.45, 7) is -0.238. The Labute approximate surface area is 147 Å². The van der Waals surface area contributed by atoms with Crippen molar-refractivity contribution in [2.45, 2.75) is 25.3 Å². The van der Waals surface area contributed by atoms with Crippen molar-refractivity contribution in [2.75, 3.05) is 6.61 Å². The summed E-state index contributed by atoms with van der Waals surface area (Å²) in [5.74, 6) is -0.540. The van der Waals surface area contributed by atoms with E-state index in [1.807, 2.05) is 35.0 Å². The molecule has 1 saturated carbocycles. The highest BCUT2D eigenvalue weighted by atomic mass is 32.1. The van der Waals surface area contributed by atoms with Crippen molar-refractivity contribution >= 4 is 40.3 Å². The van der Waals surface area contributed by atoms with Crippen LogP contribution in [-0.2, 0) is 14.3 Å². The molecule has 1 aliphatic heterocycles. The van der Waals surface area contributed by atoms with Gasteiger partial charge in [0, 0.05) is 11.3 Å². The van der Waals surface area contributed by atoms with Crippen molar-refractivity contribution < 1.29 is 14.3 Å². The number of hydrogen-bond donors (Lipinski definition) is 0. The zero-order chi connectivity index (χ0) is 16.5. The maximum atomic E-state index is 12.6. The maximum Gasteiger partial charge on any atom is 0.309 e. The normalized spacial score (nSPS) is 20.1. The molecule has 2 aliphatic rings. The fraction of sp³-hybridized carbons (Fsp3) is 0.353. The predicted molar refractivity (Wildman–Crippen MR) is 93.1 cm³/mol. The second kappa shape index (κ2) is 6.49. The monoisotopic (exact) mass is 360 g/mol. The second-order valence-corrected chi connectivity index (χ2v) is 7.81. The minimum absolute atomic E-state index is 0.00495. The Balaban J connectivity index is 1.51. The minimum Gasteiger partial charge on any atom is -0.455 e. The third kappa shape index (κ3) is 3.14. The number of thiophene rings is 2. The standard InChI is InChI=1S/C17H16N2O3S2/c20-16(10-22-17(21)11-5-6-11)19-13(15-4-2-8-24-15)9-12(18-19)14-3-1-7-23-14/h1-4,7-8,11,13H,5-6,9-10H2/t13-/m0/s1. The van der Waals surface area contributed by atoms with Gasteiger partial charge in [0.15, 0.2) is 6.61 Å². The first kappa shape index (κ1) is 15.5. The Hall–Kier alpha value is -1.99. The van der Waals surface area contributed by atoms with Gasteiger partial charge >= 0.3 is 5.97 Å². The number of nitrogens with zero attached hydrogens (tertiary/aromatic N) is 2. The van der Waals surface area contributed by atoms with Crippen molar-refractivity contribution in [3.63, 3.8) is 0 Å². The van der Waals surface area contributed by atoms with Gasteiger partial charge in [-0.2, -0.15) is 5.10 Å². The van der Waals surface area contributed by atoms with Gasteiger partial charge in [-0.05, 0) is 35.7 Å². The summed E-state index contributed by atoms with van der Waals surface area (Å²) in [6.07, 6.45) is 2.42. The SMILES string of the molecule is O=C(OCC(=O)N1N=C(c2cccs2)C[C@H]1c1cccs1)C1CC1. The zero-order valence-electron chi connectivity index (χ0n) is 12.9. The molecule has 1 amide bonds. The van der Waals surface area contributed by atoms with Crippen molar-refractivity contribution in [3.8, 4) is 0 Å². The first-order valence-corrected chi connectivity index (χ1v) is 9.62. The number of hydrazone groups is 1. The molecule has 0 unspecified atom stereocenters. The van der Waals surface area contributed by atoms with Crippen LogP contribution in [0.3, 0.4) is 0 Å². The van der Waals surface area contributed by atoms with Gasteiger partial charge in [0.1, 0.15) is 0 Å². The predicted octanol–water partition coefficient (Wildman–Crippen LogP) is 3.44. The van der Waals surface area contributed by atoms with Gasteiger partial charge in [-0.3, -0.25) is 9.59 Å². The Morgan fingerprint density at radius 2 is 2.00 bits per heavy atom. The molecule has 3 heterocycles. The molecule has 0 saturated heterocycles. The Bertz CT molecular complexity index is 764. The molecule has 0 bridgehead atoms. The van der Waals surface area contributed by atoms with Crippen LogP contribution in [-0.4, -0.2) is 29.2 Å². The van der Waals surface area contributed by atoms with Gasteiger partial charge in [-0.25, -0.2) is 5.01 Å². The quantitative estimate of drug-likeness (QED) is 0.768. The average Bonchev–Trinajstić information content (AvgIpc) is 3.04. The van der Waals surface area contributed by atoms with E-state index in [-0.39, 0.29) is 30.4 Å². The summed E-state index contributed by atoms with van der Waals surface area (Å²) in [7, 11) is 0. The van der Waals surface area contributed by atoms with Gasteiger partial charge < -0.3 is 4.74 Å². The van der Waals surface area contributed by atoms with E-state index < -0.39 is 0 Å². The lowest BCUT2D eigenvalue weighted by Gasteiger charge is -2.20. The molecule has 0 aromatic carbocycles. The van der Waals surface area contributed by atoms with Crippen molar-refractivity contribution in [3.05, 3.63) is 44.8 Å². The van der Waals surface area contributed by atoms with Gasteiger partial charge in [-0.15, -0.1) is 22.7 Å². The molecule has 1 fully saturated rings. The van der Waals surface area contributed by atoms with Crippen LogP contribution < -0.4 is 0 Å². The number of esters is 1. The molecule has 0 radical (unpaired) electrons. The molecule has 5 nitrogen and oxygen atoms in total.